The first-order chi connectivity index (χ1) is 7.53. The van der Waals surface area contributed by atoms with E-state index in [4.69, 9.17) is 10.5 Å². The lowest BCUT2D eigenvalue weighted by Gasteiger charge is -2.21. The van der Waals surface area contributed by atoms with E-state index in [1.54, 1.807) is 12.1 Å². The number of ether oxygens (including phenoxy) is 1. The Hall–Kier alpha value is -1.55. The Morgan fingerprint density at radius 2 is 2.06 bits per heavy atom. The van der Waals surface area contributed by atoms with Gasteiger partial charge in [-0.05, 0) is 25.5 Å². The largest absolute Gasteiger partial charge is 0.447 e. The molecule has 1 unspecified atom stereocenters. The van der Waals surface area contributed by atoms with Gasteiger partial charge in [-0.2, -0.15) is 0 Å². The number of carbonyl (C=O) groups excluding carboxylic acids is 1. The molecule has 4 heteroatoms. The number of para-hydroxylation sites is 1. The van der Waals surface area contributed by atoms with Crippen LogP contribution in [0.3, 0.4) is 0 Å². The Morgan fingerprint density at radius 1 is 1.44 bits per heavy atom. The highest BCUT2D eigenvalue weighted by molar-refractivity contribution is 5.84. The molecule has 0 saturated carbocycles. The molecular weight excluding hydrogens is 204 g/mol. The molecule has 1 aromatic carbocycles. The zero-order chi connectivity index (χ0) is 12.0. The van der Waals surface area contributed by atoms with E-state index in [0.29, 0.717) is 5.69 Å². The average Bonchev–Trinajstić information content (AvgIpc) is 2.28. The van der Waals surface area contributed by atoms with Crippen molar-refractivity contribution < 1.29 is 9.53 Å². The number of benzene rings is 1. The third-order valence-electron chi connectivity index (χ3n) is 2.36. The van der Waals surface area contributed by atoms with Crippen LogP contribution >= 0.6 is 0 Å². The summed E-state index contributed by atoms with van der Waals surface area (Å²) < 4.78 is 5.03. The minimum atomic E-state index is -0.476. The van der Waals surface area contributed by atoms with Crippen molar-refractivity contribution in [3.05, 3.63) is 30.3 Å². The van der Waals surface area contributed by atoms with Crippen molar-refractivity contribution in [2.24, 2.45) is 5.73 Å². The van der Waals surface area contributed by atoms with Gasteiger partial charge in [0.05, 0.1) is 0 Å². The Kier molecular flexibility index (Phi) is 4.31. The minimum Gasteiger partial charge on any atom is -0.447 e. The number of amides is 1. The summed E-state index contributed by atoms with van der Waals surface area (Å²) in [4.78, 5) is 11.4. The zero-order valence-electron chi connectivity index (χ0n) is 9.69. The van der Waals surface area contributed by atoms with E-state index in [2.05, 4.69) is 5.32 Å². The van der Waals surface area contributed by atoms with E-state index in [-0.39, 0.29) is 6.61 Å². The molecular formula is C12H18N2O2. The lowest BCUT2D eigenvalue weighted by molar-refractivity contribution is 0.132. The number of nitrogens with one attached hydrogen (secondary N) is 1. The highest BCUT2D eigenvalue weighted by atomic mass is 16.5. The lowest BCUT2D eigenvalue weighted by atomic mass is 10.0. The van der Waals surface area contributed by atoms with Crippen LogP contribution in [0.15, 0.2) is 30.3 Å². The summed E-state index contributed by atoms with van der Waals surface area (Å²) in [5.74, 6) is 0. The first kappa shape index (κ1) is 12.5. The van der Waals surface area contributed by atoms with Crippen LogP contribution in [0.25, 0.3) is 0 Å². The highest BCUT2D eigenvalue weighted by Gasteiger charge is 2.18. The van der Waals surface area contributed by atoms with E-state index in [1.807, 2.05) is 32.0 Å². The fourth-order valence-corrected chi connectivity index (χ4v) is 1.01. The molecule has 1 amide bonds. The monoisotopic (exact) mass is 222 g/mol. The van der Waals surface area contributed by atoms with Gasteiger partial charge in [0.1, 0.15) is 6.61 Å². The lowest BCUT2D eigenvalue weighted by Crippen LogP contribution is -2.41. The first-order valence-electron chi connectivity index (χ1n) is 5.31. The molecule has 0 fully saturated rings. The van der Waals surface area contributed by atoms with Crippen molar-refractivity contribution in [3.63, 3.8) is 0 Å². The Bertz CT molecular complexity index is 336. The van der Waals surface area contributed by atoms with Crippen LogP contribution in [-0.4, -0.2) is 18.2 Å². The molecule has 1 aromatic rings. The second-order valence-electron chi connectivity index (χ2n) is 4.07. The number of anilines is 1. The number of hydrogen-bond donors (Lipinski definition) is 2. The summed E-state index contributed by atoms with van der Waals surface area (Å²) in [5, 5.41) is 2.62. The van der Waals surface area contributed by atoms with Gasteiger partial charge in [0.2, 0.25) is 0 Å². The van der Waals surface area contributed by atoms with E-state index in [9.17, 15) is 4.79 Å². The van der Waals surface area contributed by atoms with Crippen molar-refractivity contribution >= 4 is 11.8 Å². The predicted molar refractivity (Wildman–Crippen MR) is 64.3 cm³/mol. The molecule has 0 spiro atoms. The number of nitrogens with two attached hydrogens (primary N) is 1. The van der Waals surface area contributed by atoms with Crippen molar-refractivity contribution in [3.8, 4) is 0 Å². The summed E-state index contributed by atoms with van der Waals surface area (Å²) in [5.41, 5.74) is 6.10. The van der Waals surface area contributed by atoms with Crippen molar-refractivity contribution in [1.82, 2.24) is 0 Å². The first-order valence-corrected chi connectivity index (χ1v) is 5.31. The average molecular weight is 222 g/mol. The molecule has 4 nitrogen and oxygen atoms in total. The van der Waals surface area contributed by atoms with Gasteiger partial charge in [-0.25, -0.2) is 4.79 Å². The predicted octanol–water partition coefficient (Wildman–Crippen LogP) is 2.36. The molecule has 3 N–H and O–H groups in total. The second kappa shape index (κ2) is 5.51. The minimum absolute atomic E-state index is 0.210. The number of carbonyl (C=O) groups is 1. The van der Waals surface area contributed by atoms with E-state index in [0.717, 1.165) is 6.42 Å². The SMILES string of the molecule is CCC(C)(N)COC(=O)Nc1ccccc1. The highest BCUT2D eigenvalue weighted by Crippen LogP contribution is 2.08. The molecule has 0 radical (unpaired) electrons. The smallest absolute Gasteiger partial charge is 0.411 e. The summed E-state index contributed by atoms with van der Waals surface area (Å²) >= 11 is 0. The number of hydrogen-bond acceptors (Lipinski definition) is 3. The third-order valence-corrected chi connectivity index (χ3v) is 2.36. The normalized spacial score (nSPS) is 13.9. The van der Waals surface area contributed by atoms with Gasteiger partial charge >= 0.3 is 6.09 Å². The van der Waals surface area contributed by atoms with Gasteiger partial charge in [-0.15, -0.1) is 0 Å². The van der Waals surface area contributed by atoms with Crippen LogP contribution in [0.1, 0.15) is 20.3 Å². The van der Waals surface area contributed by atoms with Crippen LogP contribution < -0.4 is 11.1 Å². The summed E-state index contributed by atoms with van der Waals surface area (Å²) in [6, 6.07) is 9.15. The fourth-order valence-electron chi connectivity index (χ4n) is 1.01. The number of rotatable bonds is 4. The van der Waals surface area contributed by atoms with Crippen LogP contribution in [0.2, 0.25) is 0 Å². The Morgan fingerprint density at radius 3 is 2.62 bits per heavy atom. The maximum Gasteiger partial charge on any atom is 0.411 e. The summed E-state index contributed by atoms with van der Waals surface area (Å²) in [7, 11) is 0. The second-order valence-corrected chi connectivity index (χ2v) is 4.07. The standard InChI is InChI=1S/C12H18N2O2/c1-3-12(2,13)9-16-11(15)14-10-7-5-4-6-8-10/h4-8H,3,9,13H2,1-2H3,(H,14,15). The zero-order valence-corrected chi connectivity index (χ0v) is 9.69. The molecule has 0 aliphatic rings. The van der Waals surface area contributed by atoms with Gasteiger partial charge in [-0.3, -0.25) is 5.32 Å². The van der Waals surface area contributed by atoms with Gasteiger partial charge in [-0.1, -0.05) is 25.1 Å². The molecule has 16 heavy (non-hydrogen) atoms. The molecule has 0 heterocycles. The van der Waals surface area contributed by atoms with Gasteiger partial charge in [0.25, 0.3) is 0 Å². The van der Waals surface area contributed by atoms with Gasteiger partial charge < -0.3 is 10.5 Å². The van der Waals surface area contributed by atoms with E-state index in [1.165, 1.54) is 0 Å². The van der Waals surface area contributed by atoms with E-state index >= 15 is 0 Å². The van der Waals surface area contributed by atoms with Crippen molar-refractivity contribution in [2.45, 2.75) is 25.8 Å². The van der Waals surface area contributed by atoms with Crippen LogP contribution in [0.5, 0.6) is 0 Å². The summed E-state index contributed by atoms with van der Waals surface area (Å²) in [6.45, 7) is 4.02. The molecule has 0 aliphatic carbocycles. The van der Waals surface area contributed by atoms with Crippen LogP contribution in [-0.2, 0) is 4.74 Å². The van der Waals surface area contributed by atoms with Gasteiger partial charge in [0, 0.05) is 11.2 Å². The molecule has 88 valence electrons. The van der Waals surface area contributed by atoms with Gasteiger partial charge in [0.15, 0.2) is 0 Å². The molecule has 1 rings (SSSR count). The van der Waals surface area contributed by atoms with E-state index < -0.39 is 11.6 Å². The maximum absolute atomic E-state index is 11.4. The molecule has 0 bridgehead atoms. The molecule has 1 atom stereocenters. The van der Waals surface area contributed by atoms with Crippen molar-refractivity contribution in [2.75, 3.05) is 11.9 Å². The van der Waals surface area contributed by atoms with Crippen molar-refractivity contribution in [1.29, 1.82) is 0 Å². The Labute approximate surface area is 95.8 Å². The van der Waals surface area contributed by atoms with Crippen LogP contribution in [0.4, 0.5) is 10.5 Å². The topological polar surface area (TPSA) is 64.3 Å². The molecule has 0 saturated heterocycles. The van der Waals surface area contributed by atoms with Crippen LogP contribution in [0, 0.1) is 0 Å². The fraction of sp³-hybridized carbons (Fsp3) is 0.417. The molecule has 0 aromatic heterocycles. The summed E-state index contributed by atoms with van der Waals surface area (Å²) in [6.07, 6.45) is 0.280. The Balaban J connectivity index is 2.38. The molecule has 0 aliphatic heterocycles. The third kappa shape index (κ3) is 4.31. The maximum atomic E-state index is 11.4. The quantitative estimate of drug-likeness (QED) is 0.822.